The molecule has 186 valence electrons. The SMILES string of the molecule is O=C(NCc1ccncc1)C1CCN(c2ccc([N+](=O)[O-])c3nonc23)CC1.[Cl][Pt+].[NH-]CCN. The quantitative estimate of drug-likeness (QED) is 0.295. The van der Waals surface area contributed by atoms with E-state index in [-0.39, 0.29) is 23.0 Å². The van der Waals surface area contributed by atoms with E-state index in [1.54, 1.807) is 37.2 Å². The summed E-state index contributed by atoms with van der Waals surface area (Å²) in [5.74, 6) is -0.0320. The summed E-state index contributed by atoms with van der Waals surface area (Å²) in [6, 6.07) is 6.81. The summed E-state index contributed by atoms with van der Waals surface area (Å²) in [5, 5.41) is 21.6. The average Bonchev–Trinajstić information content (AvgIpc) is 3.39. The van der Waals surface area contributed by atoms with Gasteiger partial charge in [-0.2, -0.15) is 0 Å². The third kappa shape index (κ3) is 7.42. The first-order valence-electron chi connectivity index (χ1n) is 10.3. The minimum atomic E-state index is -0.504. The van der Waals surface area contributed by atoms with E-state index in [2.05, 4.69) is 34.9 Å². The molecule has 1 amide bonds. The minimum absolute atomic E-state index is 0.0356. The van der Waals surface area contributed by atoms with Crippen LogP contribution in [0.5, 0.6) is 0 Å². The van der Waals surface area contributed by atoms with Crippen LogP contribution in [0.3, 0.4) is 0 Å². The van der Waals surface area contributed by atoms with Crippen LogP contribution in [-0.4, -0.2) is 52.3 Å². The molecule has 1 aromatic carbocycles. The van der Waals surface area contributed by atoms with Crippen molar-refractivity contribution in [3.63, 3.8) is 0 Å². The molecule has 1 aliphatic rings. The second-order valence-corrected chi connectivity index (χ2v) is 7.20. The van der Waals surface area contributed by atoms with Gasteiger partial charge in [0.1, 0.15) is 0 Å². The molecule has 12 nitrogen and oxygen atoms in total. The Hall–Kier alpha value is -2.66. The predicted octanol–water partition coefficient (Wildman–Crippen LogP) is 2.74. The number of aromatic nitrogens is 3. The fourth-order valence-corrected chi connectivity index (χ4v) is 3.46. The molecular weight excluding hydrogens is 647 g/mol. The van der Waals surface area contributed by atoms with Gasteiger partial charge in [-0.25, -0.2) is 4.63 Å². The maximum atomic E-state index is 12.4. The fraction of sp³-hybridized carbons (Fsp3) is 0.400. The van der Waals surface area contributed by atoms with Crippen molar-refractivity contribution >= 4 is 37.7 Å². The number of nitro benzene ring substituents is 1. The number of carbonyl (C=O) groups excluding carboxylic acids is 1. The summed E-state index contributed by atoms with van der Waals surface area (Å²) in [6.45, 7) is 2.61. The second-order valence-electron chi connectivity index (χ2n) is 7.20. The molecule has 34 heavy (non-hydrogen) atoms. The van der Waals surface area contributed by atoms with Crippen LogP contribution in [0.4, 0.5) is 11.4 Å². The zero-order chi connectivity index (χ0) is 24.9. The predicted molar refractivity (Wildman–Crippen MR) is 124 cm³/mol. The molecule has 0 aliphatic carbocycles. The van der Waals surface area contributed by atoms with Gasteiger partial charge in [0.05, 0.1) is 10.6 Å². The van der Waals surface area contributed by atoms with Gasteiger partial charge in [0.15, 0.2) is 5.52 Å². The van der Waals surface area contributed by atoms with Gasteiger partial charge in [0.25, 0.3) is 0 Å². The number of pyridine rings is 1. The monoisotopic (exact) mass is 671 g/mol. The number of nitro groups is 1. The smallest absolute Gasteiger partial charge is 0.0268 e. The number of nitrogens with zero attached hydrogens (tertiary/aromatic N) is 5. The number of nitrogens with one attached hydrogen (secondary N) is 2. The number of hydrogen-bond acceptors (Lipinski definition) is 9. The van der Waals surface area contributed by atoms with Crippen molar-refractivity contribution in [3.8, 4) is 0 Å². The molecule has 4 rings (SSSR count). The van der Waals surface area contributed by atoms with Gasteiger partial charge in [-0.1, -0.05) is 0 Å². The van der Waals surface area contributed by atoms with Crippen molar-refractivity contribution in [1.29, 1.82) is 0 Å². The molecule has 0 radical (unpaired) electrons. The van der Waals surface area contributed by atoms with E-state index in [1.807, 2.05) is 12.1 Å². The number of hydrogen-bond donors (Lipinski definition) is 2. The number of nitrogens with two attached hydrogens (primary N) is 1. The van der Waals surface area contributed by atoms with Gasteiger partial charge in [-0.05, 0) is 53.5 Å². The summed E-state index contributed by atoms with van der Waals surface area (Å²) < 4.78 is 4.72. The first kappa shape index (κ1) is 27.6. The van der Waals surface area contributed by atoms with Gasteiger partial charge in [-0.3, -0.25) is 19.9 Å². The second kappa shape index (κ2) is 14.6. The number of benzene rings is 1. The van der Waals surface area contributed by atoms with E-state index >= 15 is 0 Å². The largest absolute Gasteiger partial charge is 0.676 e. The Morgan fingerprint density at radius 3 is 2.44 bits per heavy atom. The molecule has 0 unspecified atom stereocenters. The Labute approximate surface area is 211 Å². The molecule has 3 aromatic rings. The van der Waals surface area contributed by atoms with Crippen molar-refractivity contribution in [2.24, 2.45) is 11.7 Å². The van der Waals surface area contributed by atoms with E-state index in [9.17, 15) is 14.9 Å². The minimum Gasteiger partial charge on any atom is -0.676 e. The molecule has 1 aliphatic heterocycles. The van der Waals surface area contributed by atoms with Crippen LogP contribution in [-0.2, 0) is 30.1 Å². The van der Waals surface area contributed by atoms with E-state index in [4.69, 9.17) is 16.1 Å². The maximum Gasteiger partial charge on any atom is -0.0268 e. The zero-order valence-electron chi connectivity index (χ0n) is 18.1. The van der Waals surface area contributed by atoms with Gasteiger partial charge >= 0.3 is 33.9 Å². The molecule has 0 atom stereocenters. The number of anilines is 1. The molecule has 1 saturated heterocycles. The van der Waals surface area contributed by atoms with Crippen LogP contribution >= 0.6 is 9.42 Å². The zero-order valence-corrected chi connectivity index (χ0v) is 21.2. The molecule has 0 saturated carbocycles. The number of fused-ring (bicyclic) bond motifs is 1. The Morgan fingerprint density at radius 2 is 1.85 bits per heavy atom. The molecular formula is C20H25ClN8O4Pt. The Morgan fingerprint density at radius 1 is 1.24 bits per heavy atom. The first-order chi connectivity index (χ1) is 16.5. The van der Waals surface area contributed by atoms with Crippen LogP contribution in [0.1, 0.15) is 18.4 Å². The van der Waals surface area contributed by atoms with E-state index < -0.39 is 4.92 Å². The summed E-state index contributed by atoms with van der Waals surface area (Å²) in [6.07, 6.45) is 4.77. The number of halogens is 1. The topological polar surface area (TPSA) is 177 Å². The molecule has 4 N–H and O–H groups in total. The number of carbonyl (C=O) groups is 1. The molecule has 3 heterocycles. The third-order valence-electron chi connectivity index (χ3n) is 5.14. The Kier molecular flexibility index (Phi) is 11.8. The van der Waals surface area contributed by atoms with Crippen LogP contribution in [0.15, 0.2) is 41.3 Å². The normalized spacial score (nSPS) is 13.4. The fourth-order valence-electron chi connectivity index (χ4n) is 3.46. The third-order valence-corrected chi connectivity index (χ3v) is 5.14. The summed E-state index contributed by atoms with van der Waals surface area (Å²) >= 11 is 1.61. The van der Waals surface area contributed by atoms with Crippen molar-refractivity contribution in [3.05, 3.63) is 58.1 Å². The van der Waals surface area contributed by atoms with Gasteiger partial charge in [0, 0.05) is 44.0 Å². The van der Waals surface area contributed by atoms with E-state index in [0.29, 0.717) is 51.1 Å². The van der Waals surface area contributed by atoms with Gasteiger partial charge < -0.3 is 21.7 Å². The summed E-state index contributed by atoms with van der Waals surface area (Å²) in [4.78, 5) is 29.1. The summed E-state index contributed by atoms with van der Waals surface area (Å²) in [5.41, 5.74) is 13.3. The molecule has 0 bridgehead atoms. The van der Waals surface area contributed by atoms with Gasteiger partial charge in [-0.15, -0.1) is 6.54 Å². The summed E-state index contributed by atoms with van der Waals surface area (Å²) in [7, 11) is 4.61. The van der Waals surface area contributed by atoms with Crippen LogP contribution in [0, 0.1) is 16.0 Å². The van der Waals surface area contributed by atoms with Gasteiger partial charge in [0.2, 0.25) is 11.4 Å². The Bertz CT molecular complexity index is 1050. The average molecular weight is 672 g/mol. The molecule has 0 spiro atoms. The maximum absolute atomic E-state index is 12.4. The van der Waals surface area contributed by atoms with E-state index in [0.717, 1.165) is 11.3 Å². The van der Waals surface area contributed by atoms with E-state index in [1.165, 1.54) is 6.07 Å². The van der Waals surface area contributed by atoms with Crippen LogP contribution in [0.25, 0.3) is 16.8 Å². The van der Waals surface area contributed by atoms with Crippen molar-refractivity contribution < 1.29 is 33.1 Å². The Balaban J connectivity index is 0.000000618. The number of non-ortho nitro benzene ring substituents is 1. The molecule has 14 heteroatoms. The number of amides is 1. The van der Waals surface area contributed by atoms with Crippen molar-refractivity contribution in [2.75, 3.05) is 31.1 Å². The number of rotatable bonds is 6. The van der Waals surface area contributed by atoms with Crippen LogP contribution < -0.4 is 16.0 Å². The standard InChI is InChI=1S/C18H18N6O4.C2H7N2.ClH.Pt/c25-18(20-11-12-3-7-19-8-4-12)13-5-9-23(10-6-13)14-1-2-15(24(26)27)17-16(14)21-28-22-17;3-1-2-4;;/h1-4,7-8,13H,5-6,9-11H2,(H,20,25);3H,1-2,4H2;1H;/q;-1;;+2/p-1. The molecule has 1 fully saturated rings. The molecule has 2 aromatic heterocycles. The number of piperidine rings is 1. The van der Waals surface area contributed by atoms with Crippen molar-refractivity contribution in [2.45, 2.75) is 19.4 Å². The van der Waals surface area contributed by atoms with Crippen LogP contribution in [0.2, 0.25) is 0 Å². The first-order valence-corrected chi connectivity index (χ1v) is 13.1. The van der Waals surface area contributed by atoms with Crippen molar-refractivity contribution in [1.82, 2.24) is 20.6 Å².